The largest absolute Gasteiger partial charge is 0.307 e. The molecule has 0 spiro atoms. The summed E-state index contributed by atoms with van der Waals surface area (Å²) in [5.74, 6) is -4.47. The molecule has 1 N–H and O–H groups in total. The van der Waals surface area contributed by atoms with E-state index in [1.54, 1.807) is 13.0 Å². The van der Waals surface area contributed by atoms with E-state index in [4.69, 9.17) is 0 Å². The Hall–Kier alpha value is -1.88. The first-order valence-electron chi connectivity index (χ1n) is 6.57. The second-order valence-electron chi connectivity index (χ2n) is 4.85. The molecule has 1 unspecified atom stereocenters. The van der Waals surface area contributed by atoms with E-state index in [0.717, 1.165) is 12.1 Å². The average Bonchev–Trinajstić information content (AvgIpc) is 2.40. The quantitative estimate of drug-likeness (QED) is 0.657. The molecule has 0 amide bonds. The van der Waals surface area contributed by atoms with Gasteiger partial charge < -0.3 is 5.32 Å². The molecule has 0 aliphatic carbocycles. The summed E-state index contributed by atoms with van der Waals surface area (Å²) >= 11 is 0. The summed E-state index contributed by atoms with van der Waals surface area (Å²) in [6.45, 7) is 4.04. The molecular weight excluding hydrogens is 282 g/mol. The maximum Gasteiger partial charge on any atom is 0.194 e. The third kappa shape index (κ3) is 3.42. The van der Waals surface area contributed by atoms with Crippen molar-refractivity contribution in [3.05, 3.63) is 70.3 Å². The SMILES string of the molecule is CCNC(c1cc(C)cc(F)c1)c1cc(F)c(F)c(F)c1. The van der Waals surface area contributed by atoms with Crippen LogP contribution in [-0.4, -0.2) is 6.54 Å². The predicted molar refractivity (Wildman–Crippen MR) is 73.0 cm³/mol. The van der Waals surface area contributed by atoms with Crippen LogP contribution < -0.4 is 5.32 Å². The van der Waals surface area contributed by atoms with E-state index in [9.17, 15) is 17.6 Å². The summed E-state index contributed by atoms with van der Waals surface area (Å²) in [5.41, 5.74) is 1.42. The molecule has 0 saturated carbocycles. The molecule has 112 valence electrons. The molecule has 0 saturated heterocycles. The van der Waals surface area contributed by atoms with E-state index in [0.29, 0.717) is 17.7 Å². The average molecular weight is 297 g/mol. The van der Waals surface area contributed by atoms with Gasteiger partial charge in [0.05, 0.1) is 6.04 Å². The normalized spacial score (nSPS) is 12.5. The number of hydrogen-bond acceptors (Lipinski definition) is 1. The molecule has 21 heavy (non-hydrogen) atoms. The maximum absolute atomic E-state index is 13.5. The fourth-order valence-corrected chi connectivity index (χ4v) is 2.31. The van der Waals surface area contributed by atoms with Crippen LogP contribution in [-0.2, 0) is 0 Å². The van der Waals surface area contributed by atoms with Crippen LogP contribution >= 0.6 is 0 Å². The lowest BCUT2D eigenvalue weighted by Crippen LogP contribution is -2.22. The molecule has 5 heteroatoms. The van der Waals surface area contributed by atoms with Crippen LogP contribution in [0.2, 0.25) is 0 Å². The van der Waals surface area contributed by atoms with Crippen LogP contribution in [0.15, 0.2) is 30.3 Å². The number of benzene rings is 2. The van der Waals surface area contributed by atoms with Gasteiger partial charge in [-0.1, -0.05) is 13.0 Å². The Labute approximate surface area is 120 Å². The highest BCUT2D eigenvalue weighted by Gasteiger charge is 2.19. The van der Waals surface area contributed by atoms with Crippen LogP contribution in [0.3, 0.4) is 0 Å². The maximum atomic E-state index is 13.5. The van der Waals surface area contributed by atoms with Crippen LogP contribution in [0.4, 0.5) is 17.6 Å². The van der Waals surface area contributed by atoms with Gasteiger partial charge in [-0.25, -0.2) is 17.6 Å². The van der Waals surface area contributed by atoms with E-state index in [-0.39, 0.29) is 5.56 Å². The van der Waals surface area contributed by atoms with Crippen molar-refractivity contribution in [2.75, 3.05) is 6.54 Å². The van der Waals surface area contributed by atoms with E-state index < -0.39 is 29.3 Å². The minimum Gasteiger partial charge on any atom is -0.307 e. The van der Waals surface area contributed by atoms with Gasteiger partial charge in [0, 0.05) is 0 Å². The summed E-state index contributed by atoms with van der Waals surface area (Å²) in [6, 6.07) is 5.60. The number of rotatable bonds is 4. The van der Waals surface area contributed by atoms with Crippen molar-refractivity contribution in [2.45, 2.75) is 19.9 Å². The van der Waals surface area contributed by atoms with Gasteiger partial charge in [0.1, 0.15) is 5.82 Å². The van der Waals surface area contributed by atoms with Crippen molar-refractivity contribution in [2.24, 2.45) is 0 Å². The molecular formula is C16H15F4N. The Morgan fingerprint density at radius 3 is 2.00 bits per heavy atom. The van der Waals surface area contributed by atoms with Crippen LogP contribution in [0.25, 0.3) is 0 Å². The van der Waals surface area contributed by atoms with Gasteiger partial charge in [-0.2, -0.15) is 0 Å². The highest BCUT2D eigenvalue weighted by Crippen LogP contribution is 2.26. The van der Waals surface area contributed by atoms with E-state index in [1.165, 1.54) is 12.1 Å². The number of hydrogen-bond donors (Lipinski definition) is 1. The molecule has 2 aromatic rings. The van der Waals surface area contributed by atoms with Gasteiger partial charge >= 0.3 is 0 Å². The standard InChI is InChI=1S/C16H15F4N/c1-3-21-16(10-4-9(2)5-12(17)6-10)11-7-13(18)15(20)14(19)8-11/h4-8,16,21H,3H2,1-2H3. The van der Waals surface area contributed by atoms with Gasteiger partial charge in [-0.3, -0.25) is 0 Å². The Bertz CT molecular complexity index is 611. The molecule has 0 bridgehead atoms. The van der Waals surface area contributed by atoms with Crippen LogP contribution in [0, 0.1) is 30.2 Å². The van der Waals surface area contributed by atoms with Crippen molar-refractivity contribution in [3.63, 3.8) is 0 Å². The zero-order valence-electron chi connectivity index (χ0n) is 11.7. The minimum atomic E-state index is -1.51. The zero-order chi connectivity index (χ0) is 15.6. The summed E-state index contributed by atoms with van der Waals surface area (Å²) in [6.07, 6.45) is 0. The van der Waals surface area contributed by atoms with Gasteiger partial charge in [-0.05, 0) is 54.4 Å². The third-order valence-corrected chi connectivity index (χ3v) is 3.15. The molecule has 2 aromatic carbocycles. The second kappa shape index (κ2) is 6.26. The van der Waals surface area contributed by atoms with Crippen molar-refractivity contribution in [1.29, 1.82) is 0 Å². The molecule has 0 radical (unpaired) electrons. The van der Waals surface area contributed by atoms with Gasteiger partial charge in [0.2, 0.25) is 0 Å². The Morgan fingerprint density at radius 1 is 0.905 bits per heavy atom. The third-order valence-electron chi connectivity index (χ3n) is 3.15. The first-order chi connectivity index (χ1) is 9.92. The first-order valence-corrected chi connectivity index (χ1v) is 6.57. The smallest absolute Gasteiger partial charge is 0.194 e. The Morgan fingerprint density at radius 2 is 1.48 bits per heavy atom. The van der Waals surface area contributed by atoms with E-state index in [1.807, 2.05) is 6.92 Å². The molecule has 1 nitrogen and oxygen atoms in total. The summed E-state index contributed by atoms with van der Waals surface area (Å²) in [4.78, 5) is 0. The van der Waals surface area contributed by atoms with Crippen molar-refractivity contribution >= 4 is 0 Å². The zero-order valence-corrected chi connectivity index (χ0v) is 11.7. The fraction of sp³-hybridized carbons (Fsp3) is 0.250. The van der Waals surface area contributed by atoms with Gasteiger partial charge in [0.15, 0.2) is 17.5 Å². The predicted octanol–water partition coefficient (Wildman–Crippen LogP) is 4.25. The van der Waals surface area contributed by atoms with Crippen LogP contribution in [0.5, 0.6) is 0 Å². The number of aryl methyl sites for hydroxylation is 1. The molecule has 0 aliphatic heterocycles. The Balaban J connectivity index is 2.53. The van der Waals surface area contributed by atoms with E-state index in [2.05, 4.69) is 5.32 Å². The lowest BCUT2D eigenvalue weighted by molar-refractivity contribution is 0.442. The number of nitrogens with one attached hydrogen (secondary N) is 1. The lowest BCUT2D eigenvalue weighted by atomic mass is 9.96. The van der Waals surface area contributed by atoms with Crippen molar-refractivity contribution in [3.8, 4) is 0 Å². The molecule has 0 fully saturated rings. The Kier molecular flexibility index (Phi) is 4.63. The van der Waals surface area contributed by atoms with Crippen molar-refractivity contribution < 1.29 is 17.6 Å². The first kappa shape index (κ1) is 15.5. The van der Waals surface area contributed by atoms with Crippen molar-refractivity contribution in [1.82, 2.24) is 5.32 Å². The molecule has 0 heterocycles. The minimum absolute atomic E-state index is 0.207. The monoisotopic (exact) mass is 297 g/mol. The fourth-order valence-electron chi connectivity index (χ4n) is 2.31. The lowest BCUT2D eigenvalue weighted by Gasteiger charge is -2.20. The summed E-state index contributed by atoms with van der Waals surface area (Å²) in [5, 5.41) is 3.02. The number of halogens is 4. The van der Waals surface area contributed by atoms with Gasteiger partial charge in [-0.15, -0.1) is 0 Å². The van der Waals surface area contributed by atoms with Crippen LogP contribution in [0.1, 0.15) is 29.7 Å². The summed E-state index contributed by atoms with van der Waals surface area (Å²) in [7, 11) is 0. The highest BCUT2D eigenvalue weighted by molar-refractivity contribution is 5.35. The topological polar surface area (TPSA) is 12.0 Å². The van der Waals surface area contributed by atoms with E-state index >= 15 is 0 Å². The van der Waals surface area contributed by atoms with Gasteiger partial charge in [0.25, 0.3) is 0 Å². The highest BCUT2D eigenvalue weighted by atomic mass is 19.2. The summed E-state index contributed by atoms with van der Waals surface area (Å²) < 4.78 is 53.4. The molecule has 1 atom stereocenters. The molecule has 0 aliphatic rings. The second-order valence-corrected chi connectivity index (χ2v) is 4.85. The molecule has 2 rings (SSSR count). The molecule has 0 aromatic heterocycles.